The highest BCUT2D eigenvalue weighted by molar-refractivity contribution is 5.12. The summed E-state index contributed by atoms with van der Waals surface area (Å²) in [7, 11) is 0. The Kier molecular flexibility index (Phi) is 4.56. The van der Waals surface area contributed by atoms with Crippen LogP contribution in [-0.4, -0.2) is 22.4 Å². The summed E-state index contributed by atoms with van der Waals surface area (Å²) in [5.41, 5.74) is 2.67. The lowest BCUT2D eigenvalue weighted by Gasteiger charge is -2.08. The molecule has 1 heterocycles. The van der Waals surface area contributed by atoms with Crippen molar-refractivity contribution in [3.63, 3.8) is 0 Å². The minimum Gasteiger partial charge on any atom is -0.314 e. The van der Waals surface area contributed by atoms with Gasteiger partial charge in [-0.1, -0.05) is 24.5 Å². The second-order valence-corrected chi connectivity index (χ2v) is 6.47. The SMILES string of the molecule is CC(=CCCNC1CC1)Cc1ccn(C2CCCC2)n1. The molecule has 0 unspecified atom stereocenters. The zero-order valence-corrected chi connectivity index (χ0v) is 12.6. The van der Waals surface area contributed by atoms with Crippen LogP contribution < -0.4 is 5.32 Å². The third-order valence-electron chi connectivity index (χ3n) is 4.47. The second-order valence-electron chi connectivity index (χ2n) is 6.47. The van der Waals surface area contributed by atoms with Gasteiger partial charge in [0.15, 0.2) is 0 Å². The highest BCUT2D eigenvalue weighted by atomic mass is 15.3. The first-order valence-corrected chi connectivity index (χ1v) is 8.24. The van der Waals surface area contributed by atoms with Crippen molar-refractivity contribution in [3.8, 4) is 0 Å². The van der Waals surface area contributed by atoms with Crippen LogP contribution in [0, 0.1) is 0 Å². The molecule has 2 aliphatic carbocycles. The van der Waals surface area contributed by atoms with Gasteiger partial charge in [0.05, 0.1) is 11.7 Å². The van der Waals surface area contributed by atoms with Crippen molar-refractivity contribution >= 4 is 0 Å². The topological polar surface area (TPSA) is 29.9 Å². The molecule has 3 heteroatoms. The number of aromatic nitrogens is 2. The van der Waals surface area contributed by atoms with Gasteiger partial charge in [-0.25, -0.2) is 0 Å². The Morgan fingerprint density at radius 2 is 2.15 bits per heavy atom. The molecule has 0 radical (unpaired) electrons. The Hall–Kier alpha value is -1.09. The lowest BCUT2D eigenvalue weighted by Crippen LogP contribution is -2.16. The standard InChI is InChI=1S/C17H27N3/c1-14(5-4-11-18-15-8-9-15)13-16-10-12-20(19-16)17-6-2-3-7-17/h5,10,12,15,17-18H,2-4,6-9,11,13H2,1H3. The van der Waals surface area contributed by atoms with Crippen molar-refractivity contribution in [2.45, 2.75) is 70.4 Å². The first kappa shape index (κ1) is 13.9. The maximum Gasteiger partial charge on any atom is 0.0664 e. The molecule has 0 spiro atoms. The van der Waals surface area contributed by atoms with E-state index in [2.05, 4.69) is 35.3 Å². The summed E-state index contributed by atoms with van der Waals surface area (Å²) in [6, 6.07) is 3.68. The summed E-state index contributed by atoms with van der Waals surface area (Å²) >= 11 is 0. The van der Waals surface area contributed by atoms with Gasteiger partial charge in [0, 0.05) is 18.7 Å². The molecule has 0 aromatic carbocycles. The Labute approximate surface area is 122 Å². The van der Waals surface area contributed by atoms with Crippen LogP contribution >= 0.6 is 0 Å². The quantitative estimate of drug-likeness (QED) is 0.607. The molecule has 2 aliphatic rings. The fraction of sp³-hybridized carbons (Fsp3) is 0.706. The maximum atomic E-state index is 4.76. The Bertz CT molecular complexity index is 451. The third-order valence-corrected chi connectivity index (χ3v) is 4.47. The highest BCUT2D eigenvalue weighted by Gasteiger charge is 2.19. The van der Waals surface area contributed by atoms with E-state index in [1.54, 1.807) is 0 Å². The molecule has 2 saturated carbocycles. The Morgan fingerprint density at radius 3 is 2.90 bits per heavy atom. The van der Waals surface area contributed by atoms with E-state index < -0.39 is 0 Å². The molecule has 0 saturated heterocycles. The molecule has 3 rings (SSSR count). The summed E-state index contributed by atoms with van der Waals surface area (Å²) in [4.78, 5) is 0. The van der Waals surface area contributed by atoms with Crippen molar-refractivity contribution in [1.29, 1.82) is 0 Å². The summed E-state index contributed by atoms with van der Waals surface area (Å²) in [6.45, 7) is 3.35. The van der Waals surface area contributed by atoms with Crippen LogP contribution in [0.25, 0.3) is 0 Å². The fourth-order valence-electron chi connectivity index (χ4n) is 3.10. The Morgan fingerprint density at radius 1 is 1.35 bits per heavy atom. The molecule has 0 bridgehead atoms. The minimum atomic E-state index is 0.663. The first-order chi connectivity index (χ1) is 9.81. The van der Waals surface area contributed by atoms with Gasteiger partial charge in [-0.2, -0.15) is 5.10 Å². The molecule has 1 aromatic heterocycles. The molecule has 3 nitrogen and oxygen atoms in total. The second kappa shape index (κ2) is 6.57. The summed E-state index contributed by atoms with van der Waals surface area (Å²) in [6.07, 6.45) is 14.8. The maximum absolute atomic E-state index is 4.76. The van der Waals surface area contributed by atoms with E-state index in [1.165, 1.54) is 49.8 Å². The van der Waals surface area contributed by atoms with E-state index >= 15 is 0 Å². The molecular weight excluding hydrogens is 246 g/mol. The predicted octanol–water partition coefficient (Wildman–Crippen LogP) is 3.63. The molecule has 1 aromatic rings. The molecular formula is C17H27N3. The first-order valence-electron chi connectivity index (χ1n) is 8.24. The van der Waals surface area contributed by atoms with E-state index in [-0.39, 0.29) is 0 Å². The molecule has 110 valence electrons. The number of hydrogen-bond donors (Lipinski definition) is 1. The third kappa shape index (κ3) is 3.95. The van der Waals surface area contributed by atoms with Gasteiger partial charge < -0.3 is 5.32 Å². The number of nitrogens with zero attached hydrogens (tertiary/aromatic N) is 2. The minimum absolute atomic E-state index is 0.663. The van der Waals surface area contributed by atoms with Crippen LogP contribution in [0.15, 0.2) is 23.9 Å². The van der Waals surface area contributed by atoms with Crippen LogP contribution in [0.1, 0.15) is 63.6 Å². The van der Waals surface area contributed by atoms with E-state index in [1.807, 2.05) is 0 Å². The van der Waals surface area contributed by atoms with Gasteiger partial charge in [0.25, 0.3) is 0 Å². The molecule has 1 N–H and O–H groups in total. The van der Waals surface area contributed by atoms with Gasteiger partial charge in [0.2, 0.25) is 0 Å². The van der Waals surface area contributed by atoms with Crippen LogP contribution in [0.5, 0.6) is 0 Å². The monoisotopic (exact) mass is 273 g/mol. The molecule has 0 amide bonds. The van der Waals surface area contributed by atoms with Gasteiger partial charge in [-0.05, 0) is 51.6 Å². The average molecular weight is 273 g/mol. The Balaban J connectivity index is 1.44. The van der Waals surface area contributed by atoms with Crippen LogP contribution in [0.4, 0.5) is 0 Å². The number of nitrogens with one attached hydrogen (secondary N) is 1. The van der Waals surface area contributed by atoms with E-state index in [9.17, 15) is 0 Å². The van der Waals surface area contributed by atoms with Crippen LogP contribution in [0.3, 0.4) is 0 Å². The van der Waals surface area contributed by atoms with Crippen LogP contribution in [0.2, 0.25) is 0 Å². The lowest BCUT2D eigenvalue weighted by molar-refractivity contribution is 0.463. The van der Waals surface area contributed by atoms with Gasteiger partial charge in [-0.3, -0.25) is 4.68 Å². The normalized spacial score (nSPS) is 20.8. The van der Waals surface area contributed by atoms with Crippen molar-refractivity contribution in [1.82, 2.24) is 15.1 Å². The van der Waals surface area contributed by atoms with Crippen molar-refractivity contribution in [2.24, 2.45) is 0 Å². The summed E-state index contributed by atoms with van der Waals surface area (Å²) < 4.78 is 2.20. The van der Waals surface area contributed by atoms with E-state index in [0.717, 1.165) is 25.4 Å². The van der Waals surface area contributed by atoms with Crippen molar-refractivity contribution in [2.75, 3.05) is 6.54 Å². The largest absolute Gasteiger partial charge is 0.314 e. The van der Waals surface area contributed by atoms with E-state index in [4.69, 9.17) is 5.10 Å². The van der Waals surface area contributed by atoms with Crippen molar-refractivity contribution < 1.29 is 0 Å². The average Bonchev–Trinajstić information content (AvgIpc) is 2.92. The van der Waals surface area contributed by atoms with Crippen LogP contribution in [-0.2, 0) is 6.42 Å². The molecule has 0 aliphatic heterocycles. The van der Waals surface area contributed by atoms with E-state index in [0.29, 0.717) is 6.04 Å². The number of allylic oxidation sites excluding steroid dienone is 1. The van der Waals surface area contributed by atoms with Crippen molar-refractivity contribution in [3.05, 3.63) is 29.6 Å². The van der Waals surface area contributed by atoms with Gasteiger partial charge in [-0.15, -0.1) is 0 Å². The van der Waals surface area contributed by atoms with Gasteiger partial charge >= 0.3 is 0 Å². The summed E-state index contributed by atoms with van der Waals surface area (Å²) in [5.74, 6) is 0. The molecule has 20 heavy (non-hydrogen) atoms. The zero-order chi connectivity index (χ0) is 13.8. The molecule has 2 fully saturated rings. The molecule has 0 atom stereocenters. The highest BCUT2D eigenvalue weighted by Crippen LogP contribution is 2.28. The number of rotatable bonds is 7. The summed E-state index contributed by atoms with van der Waals surface area (Å²) in [5, 5.41) is 8.31. The predicted molar refractivity (Wildman–Crippen MR) is 82.8 cm³/mol. The smallest absolute Gasteiger partial charge is 0.0664 e. The lowest BCUT2D eigenvalue weighted by atomic mass is 10.1. The van der Waals surface area contributed by atoms with Gasteiger partial charge in [0.1, 0.15) is 0 Å². The number of hydrogen-bond acceptors (Lipinski definition) is 2. The fourth-order valence-corrected chi connectivity index (χ4v) is 3.10. The zero-order valence-electron chi connectivity index (χ0n) is 12.6.